The van der Waals surface area contributed by atoms with E-state index in [4.69, 9.17) is 16.4 Å². The molecule has 1 amide bonds. The van der Waals surface area contributed by atoms with Crippen LogP contribution in [0.15, 0.2) is 59.8 Å². The minimum absolute atomic E-state index is 0.0788. The van der Waals surface area contributed by atoms with Gasteiger partial charge in [0.05, 0.1) is 5.69 Å². The van der Waals surface area contributed by atoms with Crippen molar-refractivity contribution in [2.45, 2.75) is 12.3 Å². The average molecular weight is 329 g/mol. The Morgan fingerprint density at radius 1 is 1.13 bits per heavy atom. The minimum Gasteiger partial charge on any atom is -0.316 e. The van der Waals surface area contributed by atoms with Gasteiger partial charge in [-0.05, 0) is 25.1 Å². The molecule has 2 aromatic rings. The molecule has 6 heteroatoms. The Hall–Kier alpha value is -2.66. The molecular weight excluding hydrogens is 316 g/mol. The molecule has 116 valence electrons. The minimum atomic E-state index is -0.837. The molecule has 1 aliphatic rings. The molecule has 1 atom stereocenters. The summed E-state index contributed by atoms with van der Waals surface area (Å²) < 4.78 is 0. The largest absolute Gasteiger partial charge is 0.352 e. The molecule has 0 saturated carbocycles. The Morgan fingerprint density at radius 3 is 2.48 bits per heavy atom. The number of rotatable bonds is 3. The van der Waals surface area contributed by atoms with Crippen molar-refractivity contribution in [3.05, 3.63) is 60.2 Å². The van der Waals surface area contributed by atoms with Gasteiger partial charge in [0.15, 0.2) is 5.71 Å². The highest BCUT2D eigenvalue weighted by molar-refractivity contribution is 6.55. The van der Waals surface area contributed by atoms with E-state index in [1.807, 2.05) is 42.5 Å². The molecule has 1 heterocycles. The second kappa shape index (κ2) is 6.22. The lowest BCUT2D eigenvalue weighted by Gasteiger charge is -2.16. The van der Waals surface area contributed by atoms with E-state index >= 15 is 0 Å². The first kappa shape index (κ1) is 15.2. The summed E-state index contributed by atoms with van der Waals surface area (Å²) in [5.41, 5.74) is 2.09. The fraction of sp³-hybridized carbons (Fsp3) is 0.118. The van der Waals surface area contributed by atoms with Crippen molar-refractivity contribution in [2.75, 3.05) is 4.90 Å². The van der Waals surface area contributed by atoms with Gasteiger partial charge in [0.2, 0.25) is 0 Å². The van der Waals surface area contributed by atoms with Crippen molar-refractivity contribution in [1.82, 2.24) is 0 Å². The van der Waals surface area contributed by atoms with Crippen LogP contribution < -0.4 is 4.90 Å². The molecular formula is C17H13ClN2O3. The van der Waals surface area contributed by atoms with E-state index in [1.165, 1.54) is 11.8 Å². The van der Waals surface area contributed by atoms with Crippen LogP contribution in [-0.2, 0) is 14.4 Å². The summed E-state index contributed by atoms with van der Waals surface area (Å²) in [6.45, 7) is 1.48. The number of amides is 1. The number of halogens is 1. The second-order valence-corrected chi connectivity index (χ2v) is 5.61. The van der Waals surface area contributed by atoms with Crippen LogP contribution in [-0.4, -0.2) is 23.0 Å². The highest BCUT2D eigenvalue weighted by Gasteiger charge is 2.35. The molecule has 0 N–H and O–H groups in total. The van der Waals surface area contributed by atoms with Gasteiger partial charge in [0.1, 0.15) is 5.38 Å². The van der Waals surface area contributed by atoms with Gasteiger partial charge >= 0.3 is 5.97 Å². The Labute approximate surface area is 138 Å². The molecule has 3 rings (SSSR count). The van der Waals surface area contributed by atoms with Gasteiger partial charge in [0, 0.05) is 11.3 Å². The molecule has 0 saturated heterocycles. The summed E-state index contributed by atoms with van der Waals surface area (Å²) in [5.74, 6) is -1.06. The summed E-state index contributed by atoms with van der Waals surface area (Å²) in [4.78, 5) is 30.5. The van der Waals surface area contributed by atoms with Crippen LogP contribution in [0.5, 0.6) is 0 Å². The number of benzene rings is 2. The summed E-state index contributed by atoms with van der Waals surface area (Å²) in [7, 11) is 0. The standard InChI is InChI=1S/C17H13ClN2O3/c1-11(18)17(22)23-19-15-13-9-5-6-10-14(13)20(16(15)21)12-7-3-2-4-8-12/h2-11H,1H3/b19-15+/t11-/m0/s1. The van der Waals surface area contributed by atoms with Gasteiger partial charge in [-0.3, -0.25) is 9.69 Å². The number of oxime groups is 1. The Balaban J connectivity index is 2.02. The number of carbonyl (C=O) groups is 2. The zero-order valence-electron chi connectivity index (χ0n) is 12.3. The molecule has 0 bridgehead atoms. The number of alkyl halides is 1. The highest BCUT2D eigenvalue weighted by atomic mass is 35.5. The summed E-state index contributed by atoms with van der Waals surface area (Å²) >= 11 is 5.64. The molecule has 0 fully saturated rings. The first-order chi connectivity index (χ1) is 11.1. The van der Waals surface area contributed by atoms with Gasteiger partial charge in [-0.1, -0.05) is 41.6 Å². The third-order valence-corrected chi connectivity index (χ3v) is 3.55. The average Bonchev–Trinajstić information content (AvgIpc) is 2.85. The number of fused-ring (bicyclic) bond motifs is 1. The topological polar surface area (TPSA) is 59.0 Å². The second-order valence-electron chi connectivity index (χ2n) is 4.96. The van der Waals surface area contributed by atoms with E-state index < -0.39 is 11.3 Å². The van der Waals surface area contributed by atoms with Crippen LogP contribution in [0.1, 0.15) is 12.5 Å². The van der Waals surface area contributed by atoms with Crippen LogP contribution in [0.3, 0.4) is 0 Å². The van der Waals surface area contributed by atoms with Gasteiger partial charge in [0.25, 0.3) is 5.91 Å². The van der Waals surface area contributed by atoms with E-state index in [9.17, 15) is 9.59 Å². The van der Waals surface area contributed by atoms with Gasteiger partial charge < -0.3 is 4.84 Å². The predicted octanol–water partition coefficient (Wildman–Crippen LogP) is 3.24. The van der Waals surface area contributed by atoms with E-state index in [0.29, 0.717) is 16.9 Å². The number of anilines is 2. The number of nitrogens with zero attached hydrogens (tertiary/aromatic N) is 2. The zero-order chi connectivity index (χ0) is 16.4. The normalized spacial score (nSPS) is 16.3. The lowest BCUT2D eigenvalue weighted by molar-refractivity contribution is -0.142. The van der Waals surface area contributed by atoms with Crippen molar-refractivity contribution >= 4 is 40.6 Å². The summed E-state index contributed by atoms with van der Waals surface area (Å²) in [6, 6.07) is 16.4. The third kappa shape index (κ3) is 2.83. The van der Waals surface area contributed by atoms with Crippen LogP contribution in [0.4, 0.5) is 11.4 Å². The van der Waals surface area contributed by atoms with Gasteiger partial charge in [-0.25, -0.2) is 4.79 Å². The maximum Gasteiger partial charge on any atom is 0.352 e. The molecule has 0 unspecified atom stereocenters. The molecule has 0 aromatic heterocycles. The van der Waals surface area contributed by atoms with Crippen LogP contribution >= 0.6 is 11.6 Å². The summed E-state index contributed by atoms with van der Waals surface area (Å²) in [6.07, 6.45) is 0. The van der Waals surface area contributed by atoms with E-state index in [-0.39, 0.29) is 11.6 Å². The van der Waals surface area contributed by atoms with Crippen LogP contribution in [0, 0.1) is 0 Å². The highest BCUT2D eigenvalue weighted by Crippen LogP contribution is 2.35. The molecule has 23 heavy (non-hydrogen) atoms. The van der Waals surface area contributed by atoms with E-state index in [2.05, 4.69) is 5.16 Å². The number of hydrogen-bond donors (Lipinski definition) is 0. The number of para-hydroxylation sites is 2. The van der Waals surface area contributed by atoms with Crippen molar-refractivity contribution in [3.8, 4) is 0 Å². The van der Waals surface area contributed by atoms with Crippen molar-refractivity contribution < 1.29 is 14.4 Å². The Morgan fingerprint density at radius 2 is 1.78 bits per heavy atom. The predicted molar refractivity (Wildman–Crippen MR) is 88.0 cm³/mol. The first-order valence-electron chi connectivity index (χ1n) is 7.01. The Kier molecular flexibility index (Phi) is 4.12. The smallest absolute Gasteiger partial charge is 0.316 e. The molecule has 2 aromatic carbocycles. The van der Waals surface area contributed by atoms with E-state index in [1.54, 1.807) is 12.1 Å². The van der Waals surface area contributed by atoms with Crippen LogP contribution in [0.25, 0.3) is 0 Å². The summed E-state index contributed by atoms with van der Waals surface area (Å²) in [5, 5.41) is 2.90. The molecule has 0 aliphatic carbocycles. The van der Waals surface area contributed by atoms with Gasteiger partial charge in [-0.15, -0.1) is 11.6 Å². The maximum atomic E-state index is 12.7. The quantitative estimate of drug-likeness (QED) is 0.494. The van der Waals surface area contributed by atoms with Gasteiger partial charge in [-0.2, -0.15) is 0 Å². The van der Waals surface area contributed by atoms with Crippen molar-refractivity contribution in [1.29, 1.82) is 0 Å². The lowest BCUT2D eigenvalue weighted by atomic mass is 10.1. The van der Waals surface area contributed by atoms with Crippen molar-refractivity contribution in [2.24, 2.45) is 5.16 Å². The number of hydrogen-bond acceptors (Lipinski definition) is 4. The molecule has 0 spiro atoms. The van der Waals surface area contributed by atoms with E-state index in [0.717, 1.165) is 0 Å². The monoisotopic (exact) mass is 328 g/mol. The Bertz CT molecular complexity index is 787. The van der Waals surface area contributed by atoms with Crippen LogP contribution in [0.2, 0.25) is 0 Å². The number of carbonyl (C=O) groups excluding carboxylic acids is 2. The van der Waals surface area contributed by atoms with Crippen molar-refractivity contribution in [3.63, 3.8) is 0 Å². The maximum absolute atomic E-state index is 12.7. The molecule has 1 aliphatic heterocycles. The fourth-order valence-corrected chi connectivity index (χ4v) is 2.32. The molecule has 5 nitrogen and oxygen atoms in total. The SMILES string of the molecule is C[C@H](Cl)C(=O)O/N=C1/C(=O)N(c2ccccc2)c2ccccc21. The molecule has 0 radical (unpaired) electrons. The lowest BCUT2D eigenvalue weighted by Crippen LogP contribution is -2.26. The fourth-order valence-electron chi connectivity index (χ4n) is 2.28. The third-order valence-electron chi connectivity index (χ3n) is 3.37. The first-order valence-corrected chi connectivity index (χ1v) is 7.45. The zero-order valence-corrected chi connectivity index (χ0v) is 13.0.